The van der Waals surface area contributed by atoms with Crippen molar-refractivity contribution in [3.8, 4) is 0 Å². The lowest BCUT2D eigenvalue weighted by molar-refractivity contribution is 0.256. The number of para-hydroxylation sites is 1. The molecule has 0 radical (unpaired) electrons. The quantitative estimate of drug-likeness (QED) is 0.503. The van der Waals surface area contributed by atoms with Crippen molar-refractivity contribution in [3.63, 3.8) is 0 Å². The van der Waals surface area contributed by atoms with Gasteiger partial charge >= 0.3 is 6.03 Å². The highest BCUT2D eigenvalue weighted by molar-refractivity contribution is 5.97. The fourth-order valence-corrected chi connectivity index (χ4v) is 1.36. The number of halogens is 1. The van der Waals surface area contributed by atoms with Crippen LogP contribution in [0.5, 0.6) is 0 Å². The highest BCUT2D eigenvalue weighted by atomic mass is 35.5. The summed E-state index contributed by atoms with van der Waals surface area (Å²) in [7, 11) is 3.56. The molecule has 0 saturated carbocycles. The SMILES string of the molecule is Cc1cccc(C)c1NC(=O)NC=NN(C)C.Cl. The Morgan fingerprint density at radius 3 is 2.33 bits per heavy atom. The normalized spacial score (nSPS) is 9.78. The molecule has 0 heterocycles. The van der Waals surface area contributed by atoms with Crippen LogP contribution in [0.15, 0.2) is 23.3 Å². The summed E-state index contributed by atoms with van der Waals surface area (Å²) < 4.78 is 0. The van der Waals surface area contributed by atoms with Crippen molar-refractivity contribution in [2.45, 2.75) is 13.8 Å². The van der Waals surface area contributed by atoms with Crippen LogP contribution < -0.4 is 10.6 Å². The van der Waals surface area contributed by atoms with Crippen LogP contribution in [0.25, 0.3) is 0 Å². The minimum Gasteiger partial charge on any atom is -0.307 e. The molecule has 0 unspecified atom stereocenters. The van der Waals surface area contributed by atoms with E-state index in [1.165, 1.54) is 6.34 Å². The minimum absolute atomic E-state index is 0. The molecule has 18 heavy (non-hydrogen) atoms. The number of hydrazone groups is 1. The van der Waals surface area contributed by atoms with Gasteiger partial charge in [0, 0.05) is 19.8 Å². The molecule has 0 atom stereocenters. The molecular formula is C12H19ClN4O. The molecule has 0 aromatic heterocycles. The summed E-state index contributed by atoms with van der Waals surface area (Å²) in [5, 5.41) is 10.8. The fraction of sp³-hybridized carbons (Fsp3) is 0.333. The Morgan fingerprint density at radius 2 is 1.83 bits per heavy atom. The largest absolute Gasteiger partial charge is 0.324 e. The van der Waals surface area contributed by atoms with E-state index < -0.39 is 0 Å². The van der Waals surface area contributed by atoms with Crippen molar-refractivity contribution in [3.05, 3.63) is 29.3 Å². The zero-order valence-electron chi connectivity index (χ0n) is 11.0. The number of anilines is 1. The van der Waals surface area contributed by atoms with Gasteiger partial charge in [-0.15, -0.1) is 12.4 Å². The summed E-state index contributed by atoms with van der Waals surface area (Å²) in [6, 6.07) is 5.57. The van der Waals surface area contributed by atoms with E-state index in [2.05, 4.69) is 15.7 Å². The van der Waals surface area contributed by atoms with Gasteiger partial charge in [0.25, 0.3) is 0 Å². The van der Waals surface area contributed by atoms with Crippen LogP contribution in [0.3, 0.4) is 0 Å². The molecule has 5 nitrogen and oxygen atoms in total. The fourth-order valence-electron chi connectivity index (χ4n) is 1.36. The highest BCUT2D eigenvalue weighted by Gasteiger charge is 2.05. The van der Waals surface area contributed by atoms with Crippen LogP contribution in [0, 0.1) is 13.8 Å². The zero-order valence-corrected chi connectivity index (χ0v) is 11.8. The van der Waals surface area contributed by atoms with E-state index in [1.807, 2.05) is 32.0 Å². The molecule has 0 saturated heterocycles. The number of hydrogen-bond acceptors (Lipinski definition) is 3. The zero-order chi connectivity index (χ0) is 12.8. The lowest BCUT2D eigenvalue weighted by atomic mass is 10.1. The van der Waals surface area contributed by atoms with E-state index in [9.17, 15) is 4.79 Å². The second-order valence-electron chi connectivity index (χ2n) is 3.96. The molecule has 0 fully saturated rings. The number of nitrogens with one attached hydrogen (secondary N) is 2. The molecule has 0 aliphatic rings. The summed E-state index contributed by atoms with van der Waals surface area (Å²) in [4.78, 5) is 11.6. The van der Waals surface area contributed by atoms with E-state index >= 15 is 0 Å². The van der Waals surface area contributed by atoms with Crippen molar-refractivity contribution >= 4 is 30.5 Å². The van der Waals surface area contributed by atoms with Gasteiger partial charge < -0.3 is 10.3 Å². The maximum atomic E-state index is 11.6. The average molecular weight is 271 g/mol. The Kier molecular flexibility index (Phi) is 6.82. The molecule has 1 aromatic carbocycles. The Labute approximate surface area is 114 Å². The molecular weight excluding hydrogens is 252 g/mol. The first kappa shape index (κ1) is 16.2. The van der Waals surface area contributed by atoms with Crippen molar-refractivity contribution in [1.82, 2.24) is 10.3 Å². The van der Waals surface area contributed by atoms with Crippen molar-refractivity contribution in [2.24, 2.45) is 5.10 Å². The second-order valence-corrected chi connectivity index (χ2v) is 3.96. The van der Waals surface area contributed by atoms with Crippen LogP contribution in [0.4, 0.5) is 10.5 Å². The highest BCUT2D eigenvalue weighted by Crippen LogP contribution is 2.18. The number of nitrogens with zero attached hydrogens (tertiary/aromatic N) is 2. The van der Waals surface area contributed by atoms with Crippen LogP contribution in [0.1, 0.15) is 11.1 Å². The summed E-state index contributed by atoms with van der Waals surface area (Å²) in [6.07, 6.45) is 1.35. The first-order valence-corrected chi connectivity index (χ1v) is 5.34. The van der Waals surface area contributed by atoms with Crippen LogP contribution in [-0.4, -0.2) is 31.5 Å². The van der Waals surface area contributed by atoms with Crippen molar-refractivity contribution < 1.29 is 4.79 Å². The second kappa shape index (κ2) is 7.55. The number of hydrogen-bond donors (Lipinski definition) is 2. The Morgan fingerprint density at radius 1 is 1.28 bits per heavy atom. The molecule has 2 N–H and O–H groups in total. The average Bonchev–Trinajstić information content (AvgIpc) is 2.23. The van der Waals surface area contributed by atoms with E-state index in [4.69, 9.17) is 0 Å². The topological polar surface area (TPSA) is 56.7 Å². The Hall–Kier alpha value is -1.75. The van der Waals surface area contributed by atoms with Gasteiger partial charge in [-0.05, 0) is 25.0 Å². The standard InChI is InChI=1S/C12H18N4O.ClH/c1-9-6-5-7-10(2)11(9)15-12(17)13-8-14-16(3)4;/h5-8H,1-4H3,(H2,13,14,15,17);1H. The molecule has 0 aliphatic carbocycles. The summed E-state index contributed by atoms with van der Waals surface area (Å²) >= 11 is 0. The van der Waals surface area contributed by atoms with Gasteiger partial charge in [0.1, 0.15) is 6.34 Å². The van der Waals surface area contributed by atoms with Gasteiger partial charge in [-0.1, -0.05) is 18.2 Å². The van der Waals surface area contributed by atoms with Crippen molar-refractivity contribution in [2.75, 3.05) is 19.4 Å². The first-order chi connectivity index (χ1) is 8.00. The maximum Gasteiger partial charge on any atom is 0.324 e. The number of aryl methyl sites for hydroxylation is 2. The minimum atomic E-state index is -0.298. The smallest absolute Gasteiger partial charge is 0.307 e. The summed E-state index contributed by atoms with van der Waals surface area (Å²) in [6.45, 7) is 3.91. The van der Waals surface area contributed by atoms with E-state index in [0.717, 1.165) is 16.8 Å². The van der Waals surface area contributed by atoms with E-state index in [0.29, 0.717) is 0 Å². The first-order valence-electron chi connectivity index (χ1n) is 5.34. The van der Waals surface area contributed by atoms with E-state index in [-0.39, 0.29) is 18.4 Å². The van der Waals surface area contributed by atoms with E-state index in [1.54, 1.807) is 19.1 Å². The van der Waals surface area contributed by atoms with Crippen LogP contribution >= 0.6 is 12.4 Å². The summed E-state index contributed by atoms with van der Waals surface area (Å²) in [5.41, 5.74) is 2.90. The van der Waals surface area contributed by atoms with Gasteiger partial charge in [0.05, 0.1) is 0 Å². The molecule has 6 heteroatoms. The van der Waals surface area contributed by atoms with Gasteiger partial charge in [0.15, 0.2) is 0 Å². The summed E-state index contributed by atoms with van der Waals surface area (Å²) in [5.74, 6) is 0. The molecule has 1 rings (SSSR count). The van der Waals surface area contributed by atoms with Crippen molar-refractivity contribution in [1.29, 1.82) is 0 Å². The third-order valence-electron chi connectivity index (χ3n) is 2.20. The number of urea groups is 1. The number of carbonyl (C=O) groups excluding carboxylic acids is 1. The lowest BCUT2D eigenvalue weighted by Crippen LogP contribution is -2.28. The molecule has 0 bridgehead atoms. The van der Waals surface area contributed by atoms with Gasteiger partial charge in [-0.25, -0.2) is 4.79 Å². The van der Waals surface area contributed by atoms with Crippen LogP contribution in [-0.2, 0) is 0 Å². The lowest BCUT2D eigenvalue weighted by Gasteiger charge is -2.11. The number of benzene rings is 1. The Balaban J connectivity index is 0.00000289. The molecule has 100 valence electrons. The number of rotatable bonds is 3. The monoisotopic (exact) mass is 270 g/mol. The van der Waals surface area contributed by atoms with Gasteiger partial charge in [0.2, 0.25) is 0 Å². The molecule has 0 spiro atoms. The predicted octanol–water partition coefficient (Wildman–Crippen LogP) is 2.35. The number of carbonyl (C=O) groups is 1. The Bertz CT molecular complexity index is 412. The third kappa shape index (κ3) is 5.05. The van der Waals surface area contributed by atoms with Crippen LogP contribution in [0.2, 0.25) is 0 Å². The predicted molar refractivity (Wildman–Crippen MR) is 77.5 cm³/mol. The van der Waals surface area contributed by atoms with Gasteiger partial charge in [-0.2, -0.15) is 5.10 Å². The third-order valence-corrected chi connectivity index (χ3v) is 2.20. The molecule has 2 amide bonds. The molecule has 0 aliphatic heterocycles. The number of amides is 2. The maximum absolute atomic E-state index is 11.6. The molecule has 1 aromatic rings. The van der Waals surface area contributed by atoms with Gasteiger partial charge in [-0.3, -0.25) is 5.32 Å².